The van der Waals surface area contributed by atoms with Crippen molar-refractivity contribution >= 4 is 29.1 Å². The van der Waals surface area contributed by atoms with E-state index in [2.05, 4.69) is 30.9 Å². The Morgan fingerprint density at radius 3 is 2.72 bits per heavy atom. The van der Waals surface area contributed by atoms with E-state index in [0.29, 0.717) is 13.2 Å². The topological polar surface area (TPSA) is 39.4 Å². The van der Waals surface area contributed by atoms with E-state index in [1.54, 1.807) is 18.0 Å². The molecule has 2 rings (SSSR count). The van der Waals surface area contributed by atoms with Crippen molar-refractivity contribution in [2.24, 2.45) is 10.6 Å². The van der Waals surface area contributed by atoms with Gasteiger partial charge < -0.3 is 9.40 Å². The second-order valence-corrected chi connectivity index (χ2v) is 8.07. The molecule has 0 fully saturated rings. The number of aromatic nitrogens is 2. The van der Waals surface area contributed by atoms with Crippen LogP contribution in [0, 0.1) is 5.41 Å². The largest absolute Gasteiger partial charge is 0.396 e. The van der Waals surface area contributed by atoms with E-state index < -0.39 is 0 Å². The lowest BCUT2D eigenvalue weighted by Crippen LogP contribution is -2.31. The third kappa shape index (κ3) is 6.75. The molecule has 136 valence electrons. The van der Waals surface area contributed by atoms with E-state index in [9.17, 15) is 0 Å². The van der Waals surface area contributed by atoms with Crippen LogP contribution in [-0.2, 0) is 11.4 Å². The van der Waals surface area contributed by atoms with Crippen LogP contribution in [0.25, 0.3) is 0 Å². The maximum Gasteiger partial charge on any atom is 0.117 e. The van der Waals surface area contributed by atoms with E-state index in [4.69, 9.17) is 16.4 Å². The van der Waals surface area contributed by atoms with Gasteiger partial charge in [-0.2, -0.15) is 0 Å². The zero-order valence-electron chi connectivity index (χ0n) is 15.1. The Morgan fingerprint density at radius 2 is 2.08 bits per heavy atom. The van der Waals surface area contributed by atoms with Crippen molar-refractivity contribution < 1.29 is 4.84 Å². The molecule has 2 aromatic rings. The number of thioether (sulfide) groups is 1. The number of benzene rings is 1. The van der Waals surface area contributed by atoms with Crippen LogP contribution >= 0.6 is 23.4 Å². The van der Waals surface area contributed by atoms with Crippen LogP contribution in [0.3, 0.4) is 0 Å². The summed E-state index contributed by atoms with van der Waals surface area (Å²) >= 11 is 7.76. The van der Waals surface area contributed by atoms with Gasteiger partial charge >= 0.3 is 0 Å². The maximum atomic E-state index is 5.96. The average Bonchev–Trinajstić information content (AvgIpc) is 3.10. The first kappa shape index (κ1) is 19.9. The molecule has 0 N–H and O–H groups in total. The van der Waals surface area contributed by atoms with Gasteiger partial charge in [0.05, 0.1) is 18.6 Å². The Hall–Kier alpha value is -1.46. The molecular weight excluding hydrogens is 354 g/mol. The van der Waals surface area contributed by atoms with Gasteiger partial charge in [-0.25, -0.2) is 4.98 Å². The van der Waals surface area contributed by atoms with Gasteiger partial charge in [0.1, 0.15) is 6.61 Å². The molecule has 0 aliphatic rings. The third-order valence-corrected chi connectivity index (χ3v) is 5.57. The average molecular weight is 380 g/mol. The highest BCUT2D eigenvalue weighted by Gasteiger charge is 2.26. The zero-order valence-corrected chi connectivity index (χ0v) is 16.7. The molecule has 25 heavy (non-hydrogen) atoms. The van der Waals surface area contributed by atoms with E-state index in [1.807, 2.05) is 41.4 Å². The van der Waals surface area contributed by atoms with Crippen LogP contribution in [0.15, 0.2) is 53.0 Å². The van der Waals surface area contributed by atoms with E-state index in [-0.39, 0.29) is 5.41 Å². The first-order valence-electron chi connectivity index (χ1n) is 8.54. The van der Waals surface area contributed by atoms with Crippen LogP contribution in [0.2, 0.25) is 5.02 Å². The van der Waals surface area contributed by atoms with Gasteiger partial charge in [0.15, 0.2) is 0 Å². The molecule has 0 saturated carbocycles. The molecule has 0 saturated heterocycles. The number of imidazole rings is 1. The highest BCUT2D eigenvalue weighted by atomic mass is 35.5. The highest BCUT2D eigenvalue weighted by molar-refractivity contribution is 7.99. The van der Waals surface area contributed by atoms with Gasteiger partial charge in [-0.1, -0.05) is 43.9 Å². The summed E-state index contributed by atoms with van der Waals surface area (Å²) in [4.78, 5) is 10.9. The quantitative estimate of drug-likeness (QED) is 0.236. The minimum Gasteiger partial charge on any atom is -0.396 e. The van der Waals surface area contributed by atoms with Gasteiger partial charge in [-0.05, 0) is 30.7 Å². The van der Waals surface area contributed by atoms with Crippen LogP contribution in [0.4, 0.5) is 0 Å². The molecule has 0 aliphatic heterocycles. The fourth-order valence-corrected chi connectivity index (χ4v) is 3.28. The summed E-state index contributed by atoms with van der Waals surface area (Å²) in [6.45, 7) is 7.89. The molecule has 6 heteroatoms. The molecule has 1 heterocycles. The van der Waals surface area contributed by atoms with E-state index in [0.717, 1.165) is 29.3 Å². The van der Waals surface area contributed by atoms with Crippen molar-refractivity contribution in [3.63, 3.8) is 0 Å². The standard InChI is InChI=1S/C19H26ClN3OS/c1-4-5-12-24-22-18(13-23-11-10-21-15-23)19(2,3)14-25-17-8-6-16(20)7-9-17/h6-11,15H,4-5,12-14H2,1-3H3. The zero-order chi connectivity index (χ0) is 18.1. The van der Waals surface area contributed by atoms with Gasteiger partial charge in [-0.15, -0.1) is 11.8 Å². The molecule has 1 aromatic heterocycles. The summed E-state index contributed by atoms with van der Waals surface area (Å²) in [5.74, 6) is 0.902. The Kier molecular flexibility index (Phi) is 7.85. The van der Waals surface area contributed by atoms with Gasteiger partial charge in [0.2, 0.25) is 0 Å². The van der Waals surface area contributed by atoms with E-state index in [1.165, 1.54) is 4.90 Å². The third-order valence-electron chi connectivity index (χ3n) is 3.85. The second-order valence-electron chi connectivity index (χ2n) is 6.59. The lowest BCUT2D eigenvalue weighted by molar-refractivity contribution is 0.137. The molecule has 0 spiro atoms. The number of rotatable bonds is 10. The summed E-state index contributed by atoms with van der Waals surface area (Å²) in [7, 11) is 0. The number of unbranched alkanes of at least 4 members (excludes halogenated alkanes) is 1. The van der Waals surface area contributed by atoms with Crippen molar-refractivity contribution in [1.29, 1.82) is 0 Å². The van der Waals surface area contributed by atoms with Crippen molar-refractivity contribution in [3.8, 4) is 0 Å². The Bertz CT molecular complexity index is 654. The molecular formula is C19H26ClN3OS. The first-order valence-corrected chi connectivity index (χ1v) is 9.91. The number of halogens is 1. The lowest BCUT2D eigenvalue weighted by Gasteiger charge is -2.26. The van der Waals surface area contributed by atoms with Crippen LogP contribution in [0.1, 0.15) is 33.6 Å². The predicted octanol–water partition coefficient (Wildman–Crippen LogP) is 5.53. The smallest absolute Gasteiger partial charge is 0.117 e. The summed E-state index contributed by atoms with van der Waals surface area (Å²) in [6, 6.07) is 7.94. The van der Waals surface area contributed by atoms with Crippen molar-refractivity contribution in [1.82, 2.24) is 9.55 Å². The summed E-state index contributed by atoms with van der Waals surface area (Å²) in [6.07, 6.45) is 7.66. The number of nitrogens with zero attached hydrogens (tertiary/aromatic N) is 3. The normalized spacial score (nSPS) is 12.4. The Morgan fingerprint density at radius 1 is 1.32 bits per heavy atom. The predicted molar refractivity (Wildman–Crippen MR) is 106 cm³/mol. The summed E-state index contributed by atoms with van der Waals surface area (Å²) < 4.78 is 2.02. The second kappa shape index (κ2) is 9.88. The minimum absolute atomic E-state index is 0.110. The molecule has 4 nitrogen and oxygen atoms in total. The van der Waals surface area contributed by atoms with Crippen LogP contribution < -0.4 is 0 Å². The molecule has 0 aliphatic carbocycles. The maximum absolute atomic E-state index is 5.96. The van der Waals surface area contributed by atoms with Crippen molar-refractivity contribution in [3.05, 3.63) is 48.0 Å². The molecule has 0 unspecified atom stereocenters. The number of hydrogen-bond donors (Lipinski definition) is 0. The van der Waals surface area contributed by atoms with Crippen molar-refractivity contribution in [2.45, 2.75) is 45.1 Å². The van der Waals surface area contributed by atoms with Crippen LogP contribution in [0.5, 0.6) is 0 Å². The molecule has 0 atom stereocenters. The van der Waals surface area contributed by atoms with E-state index >= 15 is 0 Å². The first-order chi connectivity index (χ1) is 12.0. The van der Waals surface area contributed by atoms with Gasteiger partial charge in [-0.3, -0.25) is 0 Å². The number of oxime groups is 1. The molecule has 0 amide bonds. The van der Waals surface area contributed by atoms with Crippen LogP contribution in [-0.4, -0.2) is 27.6 Å². The van der Waals surface area contributed by atoms with Gasteiger partial charge in [0.25, 0.3) is 0 Å². The molecule has 0 radical (unpaired) electrons. The fourth-order valence-electron chi connectivity index (χ4n) is 2.13. The SMILES string of the molecule is CCCCON=C(Cn1ccnc1)C(C)(C)CSc1ccc(Cl)cc1. The highest BCUT2D eigenvalue weighted by Crippen LogP contribution is 2.30. The minimum atomic E-state index is -0.110. The fraction of sp³-hybridized carbons (Fsp3) is 0.474. The van der Waals surface area contributed by atoms with Gasteiger partial charge in [0, 0.05) is 33.5 Å². The summed E-state index contributed by atoms with van der Waals surface area (Å²) in [5, 5.41) is 5.23. The lowest BCUT2D eigenvalue weighted by atomic mass is 9.89. The monoisotopic (exact) mass is 379 g/mol. The summed E-state index contributed by atoms with van der Waals surface area (Å²) in [5.41, 5.74) is 0.906. The molecule has 1 aromatic carbocycles. The molecule has 0 bridgehead atoms. The van der Waals surface area contributed by atoms with Crippen molar-refractivity contribution in [2.75, 3.05) is 12.4 Å². The number of hydrogen-bond acceptors (Lipinski definition) is 4. The Labute approximate surface area is 159 Å². The Balaban J connectivity index is 2.04.